The molecule has 0 saturated heterocycles. The van der Waals surface area contributed by atoms with E-state index in [-0.39, 0.29) is 24.4 Å². The number of nitrogens with zero attached hydrogens (tertiary/aromatic N) is 1. The second-order valence-electron chi connectivity index (χ2n) is 6.33. The molecule has 0 aliphatic heterocycles. The summed E-state index contributed by atoms with van der Waals surface area (Å²) in [4.78, 5) is 14.2. The maximum atomic E-state index is 12.4. The Hall–Kier alpha value is -1.58. The van der Waals surface area contributed by atoms with Gasteiger partial charge >= 0.3 is 0 Å². The number of carbonyl (C=O) groups excluding carboxylic acids is 1. The lowest BCUT2D eigenvalue weighted by atomic mass is 10.0. The monoisotopic (exact) mass is 334 g/mol. The largest absolute Gasteiger partial charge is 0.345 e. The first kappa shape index (κ1) is 19.5. The van der Waals surface area contributed by atoms with Crippen LogP contribution in [0.1, 0.15) is 25.8 Å². The quantitative estimate of drug-likeness (QED) is 0.876. The van der Waals surface area contributed by atoms with Gasteiger partial charge in [-0.3, -0.25) is 4.79 Å². The molecule has 1 amide bonds. The molecule has 0 spiro atoms. The maximum Gasteiger partial charge on any atom is 0.226 e. The molecule has 0 fully saturated rings. The van der Waals surface area contributed by atoms with Crippen LogP contribution >= 0.6 is 12.4 Å². The molecule has 3 nitrogen and oxygen atoms in total. The minimum atomic E-state index is 0. The lowest BCUT2D eigenvalue weighted by Gasteiger charge is -2.22. The van der Waals surface area contributed by atoms with Crippen LogP contribution in [0.3, 0.4) is 0 Å². The summed E-state index contributed by atoms with van der Waals surface area (Å²) >= 11 is 0. The van der Waals surface area contributed by atoms with E-state index in [1.165, 1.54) is 5.39 Å². The lowest BCUT2D eigenvalue weighted by molar-refractivity contribution is -0.129. The minimum absolute atomic E-state index is 0. The van der Waals surface area contributed by atoms with E-state index in [0.717, 1.165) is 17.4 Å². The molecule has 0 aromatic heterocycles. The number of amides is 1. The summed E-state index contributed by atoms with van der Waals surface area (Å²) in [7, 11) is 1.86. The Bertz CT molecular complexity index is 637. The number of rotatable bonds is 6. The molecule has 0 bridgehead atoms. The fraction of sp³-hybridized carbons (Fsp3) is 0.421. The molecule has 2 aromatic carbocycles. The van der Waals surface area contributed by atoms with Crippen LogP contribution in [0.25, 0.3) is 10.8 Å². The first-order valence-corrected chi connectivity index (χ1v) is 7.95. The zero-order chi connectivity index (χ0) is 16.1. The molecule has 0 aliphatic rings. The van der Waals surface area contributed by atoms with Gasteiger partial charge in [0.2, 0.25) is 5.91 Å². The number of halogens is 1. The van der Waals surface area contributed by atoms with Crippen LogP contribution in [-0.2, 0) is 11.2 Å². The summed E-state index contributed by atoms with van der Waals surface area (Å²) in [6.45, 7) is 4.94. The van der Waals surface area contributed by atoms with Gasteiger partial charge in [-0.25, -0.2) is 0 Å². The Labute approximate surface area is 145 Å². The van der Waals surface area contributed by atoms with E-state index in [2.05, 4.69) is 32.0 Å². The molecule has 0 aliphatic carbocycles. The van der Waals surface area contributed by atoms with Crippen LogP contribution in [0, 0.1) is 5.92 Å². The molecule has 4 heteroatoms. The van der Waals surface area contributed by atoms with Gasteiger partial charge in [-0.15, -0.1) is 12.4 Å². The molecule has 2 rings (SSSR count). The SMILES string of the molecule is CC(C)C(N)CCN(C)C(=O)Cc1cccc2ccccc12.Cl. The smallest absolute Gasteiger partial charge is 0.226 e. The lowest BCUT2D eigenvalue weighted by Crippen LogP contribution is -2.35. The molecule has 2 aromatic rings. The van der Waals surface area contributed by atoms with Gasteiger partial charge in [0.05, 0.1) is 6.42 Å². The van der Waals surface area contributed by atoms with Crippen molar-refractivity contribution in [2.75, 3.05) is 13.6 Å². The zero-order valence-corrected chi connectivity index (χ0v) is 15.0. The standard InChI is InChI=1S/C19H26N2O.ClH/c1-14(2)18(20)11-12-21(3)19(22)13-16-9-6-8-15-7-4-5-10-17(15)16;/h4-10,14,18H,11-13,20H2,1-3H3;1H. The summed E-state index contributed by atoms with van der Waals surface area (Å²) in [5.74, 6) is 0.592. The fourth-order valence-corrected chi connectivity index (χ4v) is 2.55. The Morgan fingerprint density at radius 2 is 1.78 bits per heavy atom. The van der Waals surface area contributed by atoms with Crippen molar-refractivity contribution in [2.24, 2.45) is 11.7 Å². The minimum Gasteiger partial charge on any atom is -0.345 e. The van der Waals surface area contributed by atoms with Gasteiger partial charge < -0.3 is 10.6 Å². The van der Waals surface area contributed by atoms with Crippen LogP contribution < -0.4 is 5.73 Å². The number of benzene rings is 2. The van der Waals surface area contributed by atoms with Crippen molar-refractivity contribution in [1.82, 2.24) is 4.90 Å². The molecule has 126 valence electrons. The van der Waals surface area contributed by atoms with Crippen LogP contribution in [0.4, 0.5) is 0 Å². The first-order chi connectivity index (χ1) is 10.5. The van der Waals surface area contributed by atoms with Crippen molar-refractivity contribution < 1.29 is 4.79 Å². The van der Waals surface area contributed by atoms with Crippen molar-refractivity contribution in [3.8, 4) is 0 Å². The van der Waals surface area contributed by atoms with Crippen molar-refractivity contribution >= 4 is 29.1 Å². The Kier molecular flexibility index (Phi) is 7.53. The van der Waals surface area contributed by atoms with Gasteiger partial charge in [0.1, 0.15) is 0 Å². The second-order valence-corrected chi connectivity index (χ2v) is 6.33. The highest BCUT2D eigenvalue weighted by Gasteiger charge is 2.14. The van der Waals surface area contributed by atoms with Gasteiger partial charge in [-0.05, 0) is 28.7 Å². The molecule has 2 N–H and O–H groups in total. The van der Waals surface area contributed by atoms with Gasteiger partial charge in [0, 0.05) is 19.6 Å². The summed E-state index contributed by atoms with van der Waals surface area (Å²) in [6, 6.07) is 14.5. The molecular formula is C19H27ClN2O. The van der Waals surface area contributed by atoms with E-state index in [1.807, 2.05) is 31.3 Å². The third-order valence-corrected chi connectivity index (χ3v) is 4.30. The highest BCUT2D eigenvalue weighted by molar-refractivity contribution is 5.90. The average molecular weight is 335 g/mol. The molecule has 0 radical (unpaired) electrons. The van der Waals surface area contributed by atoms with Gasteiger partial charge in [0.25, 0.3) is 0 Å². The molecule has 0 heterocycles. The summed E-state index contributed by atoms with van der Waals surface area (Å²) < 4.78 is 0. The number of nitrogens with two attached hydrogens (primary N) is 1. The normalized spacial score (nSPS) is 12.0. The number of hydrogen-bond acceptors (Lipinski definition) is 2. The van der Waals surface area contributed by atoms with Crippen LogP contribution in [0.2, 0.25) is 0 Å². The predicted molar refractivity (Wildman–Crippen MR) is 100.0 cm³/mol. The van der Waals surface area contributed by atoms with Gasteiger partial charge in [0.15, 0.2) is 0 Å². The number of hydrogen-bond donors (Lipinski definition) is 1. The maximum absolute atomic E-state index is 12.4. The third kappa shape index (κ3) is 5.22. The van der Waals surface area contributed by atoms with Gasteiger partial charge in [-0.1, -0.05) is 56.3 Å². The van der Waals surface area contributed by atoms with Crippen LogP contribution in [0.15, 0.2) is 42.5 Å². The fourth-order valence-electron chi connectivity index (χ4n) is 2.55. The molecule has 23 heavy (non-hydrogen) atoms. The molecular weight excluding hydrogens is 308 g/mol. The predicted octanol–water partition coefficient (Wildman–Crippen LogP) is 3.64. The summed E-state index contributed by atoms with van der Waals surface area (Å²) in [5, 5.41) is 2.34. The highest BCUT2D eigenvalue weighted by atomic mass is 35.5. The van der Waals surface area contributed by atoms with E-state index in [0.29, 0.717) is 18.9 Å². The Morgan fingerprint density at radius 3 is 2.48 bits per heavy atom. The van der Waals surface area contributed by atoms with Crippen molar-refractivity contribution in [1.29, 1.82) is 0 Å². The van der Waals surface area contributed by atoms with Crippen molar-refractivity contribution in [3.05, 3.63) is 48.0 Å². The zero-order valence-electron chi connectivity index (χ0n) is 14.2. The number of carbonyl (C=O) groups is 1. The summed E-state index contributed by atoms with van der Waals surface area (Å²) in [5.41, 5.74) is 7.14. The van der Waals surface area contributed by atoms with Crippen LogP contribution in [-0.4, -0.2) is 30.4 Å². The number of likely N-dealkylation sites (N-methyl/N-ethyl adjacent to an activating group) is 1. The van der Waals surface area contributed by atoms with Gasteiger partial charge in [-0.2, -0.15) is 0 Å². The first-order valence-electron chi connectivity index (χ1n) is 7.95. The highest BCUT2D eigenvalue weighted by Crippen LogP contribution is 2.19. The number of fused-ring (bicyclic) bond motifs is 1. The second kappa shape index (κ2) is 8.90. The average Bonchev–Trinajstić information content (AvgIpc) is 2.52. The van der Waals surface area contributed by atoms with Crippen molar-refractivity contribution in [3.63, 3.8) is 0 Å². The van der Waals surface area contributed by atoms with Crippen LogP contribution in [0.5, 0.6) is 0 Å². The Morgan fingerprint density at radius 1 is 1.13 bits per heavy atom. The topological polar surface area (TPSA) is 46.3 Å². The van der Waals surface area contributed by atoms with Crippen molar-refractivity contribution in [2.45, 2.75) is 32.7 Å². The summed E-state index contributed by atoms with van der Waals surface area (Å²) in [6.07, 6.45) is 1.28. The van der Waals surface area contributed by atoms with E-state index in [4.69, 9.17) is 5.73 Å². The molecule has 0 saturated carbocycles. The third-order valence-electron chi connectivity index (χ3n) is 4.30. The van der Waals surface area contributed by atoms with E-state index in [9.17, 15) is 4.79 Å². The van der Waals surface area contributed by atoms with E-state index in [1.54, 1.807) is 4.90 Å². The molecule has 1 atom stereocenters. The van der Waals surface area contributed by atoms with E-state index < -0.39 is 0 Å². The Balaban J connectivity index is 0.00000264. The van der Waals surface area contributed by atoms with E-state index >= 15 is 0 Å². The molecule has 1 unspecified atom stereocenters.